The Labute approximate surface area is 99.2 Å². The van der Waals surface area contributed by atoms with Gasteiger partial charge in [0.05, 0.1) is 0 Å². The number of nitrogens with zero attached hydrogens (tertiary/aromatic N) is 2. The highest BCUT2D eigenvalue weighted by atomic mass is 35.5. The first-order chi connectivity index (χ1) is 6.74. The maximum Gasteiger partial charge on any atom is 0.272 e. The molecule has 0 saturated carbocycles. The molecule has 0 saturated heterocycles. The van der Waals surface area contributed by atoms with Gasteiger partial charge in [-0.05, 0) is 25.0 Å². The van der Waals surface area contributed by atoms with Crippen LogP contribution >= 0.6 is 23.9 Å². The van der Waals surface area contributed by atoms with Crippen LogP contribution in [0.2, 0.25) is 0 Å². The Bertz CT molecular complexity index is 280. The van der Waals surface area contributed by atoms with E-state index in [1.807, 2.05) is 13.8 Å². The lowest BCUT2D eigenvalue weighted by atomic mass is 10.3. The quantitative estimate of drug-likeness (QED) is 0.807. The molecule has 2 N–H and O–H groups in total. The Morgan fingerprint density at radius 2 is 2.40 bits per heavy atom. The lowest BCUT2D eigenvalue weighted by molar-refractivity contribution is 0.0945. The highest BCUT2D eigenvalue weighted by molar-refractivity contribution is 7.03. The molecule has 0 fully saturated rings. The molecule has 0 aromatic carbocycles. The molecule has 5 nitrogen and oxygen atoms in total. The van der Waals surface area contributed by atoms with Crippen molar-refractivity contribution in [2.45, 2.75) is 19.9 Å². The molecule has 0 unspecified atom stereocenters. The molecule has 0 bridgehead atoms. The van der Waals surface area contributed by atoms with Crippen molar-refractivity contribution in [3.05, 3.63) is 11.1 Å². The Morgan fingerprint density at radius 1 is 1.67 bits per heavy atom. The number of rotatable bonds is 5. The van der Waals surface area contributed by atoms with Crippen molar-refractivity contribution in [3.63, 3.8) is 0 Å². The van der Waals surface area contributed by atoms with E-state index in [1.165, 1.54) is 11.5 Å². The number of carbonyl (C=O) groups excluding carboxylic acids is 1. The Balaban J connectivity index is 0.00000196. The summed E-state index contributed by atoms with van der Waals surface area (Å²) in [5.74, 6) is -0.163. The van der Waals surface area contributed by atoms with E-state index in [-0.39, 0.29) is 24.4 Å². The van der Waals surface area contributed by atoms with Crippen LogP contribution in [0.15, 0.2) is 5.38 Å². The van der Waals surface area contributed by atoms with E-state index in [0.29, 0.717) is 12.2 Å². The fourth-order valence-corrected chi connectivity index (χ4v) is 1.46. The molecule has 1 heterocycles. The van der Waals surface area contributed by atoms with Crippen molar-refractivity contribution in [2.24, 2.45) is 0 Å². The summed E-state index contributed by atoms with van der Waals surface area (Å²) < 4.78 is 3.62. The second kappa shape index (κ2) is 7.56. The number of halogens is 1. The summed E-state index contributed by atoms with van der Waals surface area (Å²) in [6.07, 6.45) is 0. The fraction of sp³-hybridized carbons (Fsp3) is 0.625. The van der Waals surface area contributed by atoms with E-state index in [4.69, 9.17) is 0 Å². The largest absolute Gasteiger partial charge is 0.349 e. The number of nitrogens with one attached hydrogen (secondary N) is 2. The maximum absolute atomic E-state index is 11.4. The van der Waals surface area contributed by atoms with Crippen LogP contribution < -0.4 is 10.6 Å². The number of likely N-dealkylation sites (N-methyl/N-ethyl adjacent to an activating group) is 1. The lowest BCUT2D eigenvalue weighted by Gasteiger charge is -2.12. The first-order valence-corrected chi connectivity index (χ1v) is 5.36. The number of aromatic nitrogens is 2. The van der Waals surface area contributed by atoms with Gasteiger partial charge >= 0.3 is 0 Å². The van der Waals surface area contributed by atoms with E-state index in [9.17, 15) is 4.79 Å². The zero-order chi connectivity index (χ0) is 10.4. The molecule has 86 valence electrons. The highest BCUT2D eigenvalue weighted by Gasteiger charge is 2.09. The third kappa shape index (κ3) is 5.06. The van der Waals surface area contributed by atoms with E-state index >= 15 is 0 Å². The molecule has 0 aliphatic carbocycles. The summed E-state index contributed by atoms with van der Waals surface area (Å²) in [5.41, 5.74) is 0.388. The molecule has 1 amide bonds. The van der Waals surface area contributed by atoms with E-state index in [2.05, 4.69) is 20.2 Å². The number of amides is 1. The van der Waals surface area contributed by atoms with Gasteiger partial charge in [-0.3, -0.25) is 4.79 Å². The van der Waals surface area contributed by atoms with Crippen LogP contribution in [0, 0.1) is 0 Å². The minimum Gasteiger partial charge on any atom is -0.349 e. The van der Waals surface area contributed by atoms with Gasteiger partial charge in [-0.15, -0.1) is 17.5 Å². The summed E-state index contributed by atoms with van der Waals surface area (Å²) in [5, 5.41) is 11.3. The van der Waals surface area contributed by atoms with Crippen LogP contribution in [0.5, 0.6) is 0 Å². The molecule has 15 heavy (non-hydrogen) atoms. The molecule has 0 aliphatic rings. The lowest BCUT2D eigenvalue weighted by Crippen LogP contribution is -2.38. The second-order valence-corrected chi connectivity index (χ2v) is 3.57. The maximum atomic E-state index is 11.4. The third-order valence-corrected chi connectivity index (χ3v) is 2.22. The van der Waals surface area contributed by atoms with E-state index in [1.54, 1.807) is 5.38 Å². The van der Waals surface area contributed by atoms with Gasteiger partial charge in [0.1, 0.15) is 0 Å². The van der Waals surface area contributed by atoms with Crippen molar-refractivity contribution in [1.82, 2.24) is 20.2 Å². The van der Waals surface area contributed by atoms with Crippen molar-refractivity contribution in [3.8, 4) is 0 Å². The van der Waals surface area contributed by atoms with Crippen LogP contribution in [0.1, 0.15) is 24.3 Å². The Morgan fingerprint density at radius 3 is 2.93 bits per heavy atom. The molecule has 1 atom stereocenters. The van der Waals surface area contributed by atoms with Gasteiger partial charge in [-0.2, -0.15) is 0 Å². The molecular formula is C8H15ClN4OS. The van der Waals surface area contributed by atoms with Gasteiger partial charge in [0.15, 0.2) is 5.69 Å². The minimum atomic E-state index is -0.163. The molecule has 0 spiro atoms. The van der Waals surface area contributed by atoms with Gasteiger partial charge < -0.3 is 10.6 Å². The number of carbonyl (C=O) groups is 1. The van der Waals surface area contributed by atoms with E-state index < -0.39 is 0 Å². The molecule has 1 aromatic rings. The first kappa shape index (κ1) is 14.3. The normalized spacial score (nSPS) is 11.6. The van der Waals surface area contributed by atoms with Gasteiger partial charge in [0, 0.05) is 18.0 Å². The van der Waals surface area contributed by atoms with Crippen LogP contribution in [-0.2, 0) is 0 Å². The molecular weight excluding hydrogens is 236 g/mol. The zero-order valence-electron chi connectivity index (χ0n) is 8.69. The Kier molecular flexibility index (Phi) is 7.19. The monoisotopic (exact) mass is 250 g/mol. The summed E-state index contributed by atoms with van der Waals surface area (Å²) in [4.78, 5) is 11.4. The van der Waals surface area contributed by atoms with Crippen LogP contribution in [-0.4, -0.2) is 34.6 Å². The van der Waals surface area contributed by atoms with Crippen molar-refractivity contribution in [2.75, 3.05) is 13.1 Å². The molecule has 1 rings (SSSR count). The number of hydrogen-bond acceptors (Lipinski definition) is 5. The third-order valence-electron chi connectivity index (χ3n) is 1.71. The highest BCUT2D eigenvalue weighted by Crippen LogP contribution is 1.95. The summed E-state index contributed by atoms with van der Waals surface area (Å²) in [7, 11) is 0. The van der Waals surface area contributed by atoms with Gasteiger partial charge in [0.2, 0.25) is 0 Å². The Hall–Kier alpha value is -0.720. The average Bonchev–Trinajstić information content (AvgIpc) is 2.67. The molecule has 0 radical (unpaired) electrons. The summed E-state index contributed by atoms with van der Waals surface area (Å²) >= 11 is 1.17. The SMILES string of the molecule is CCN[C@H](C)CNC(=O)c1csnn1.Cl. The predicted molar refractivity (Wildman–Crippen MR) is 62.6 cm³/mol. The topological polar surface area (TPSA) is 66.9 Å². The summed E-state index contributed by atoms with van der Waals surface area (Å²) in [6.45, 7) is 5.55. The molecule has 7 heteroatoms. The average molecular weight is 251 g/mol. The van der Waals surface area contributed by atoms with Crippen LogP contribution in [0.3, 0.4) is 0 Å². The van der Waals surface area contributed by atoms with Crippen molar-refractivity contribution in [1.29, 1.82) is 0 Å². The molecule has 0 aliphatic heterocycles. The van der Waals surface area contributed by atoms with Crippen molar-refractivity contribution >= 4 is 29.8 Å². The zero-order valence-corrected chi connectivity index (χ0v) is 10.3. The van der Waals surface area contributed by atoms with E-state index in [0.717, 1.165) is 6.54 Å². The summed E-state index contributed by atoms with van der Waals surface area (Å²) in [6, 6.07) is 0.274. The first-order valence-electron chi connectivity index (χ1n) is 4.52. The standard InChI is InChI=1S/C8H14N4OS.ClH/c1-3-9-6(2)4-10-8(13)7-5-14-12-11-7;/h5-6,9H,3-4H2,1-2H3,(H,10,13);1H/t6-;/m1./s1. The van der Waals surface area contributed by atoms with Crippen LogP contribution in [0.4, 0.5) is 0 Å². The van der Waals surface area contributed by atoms with Gasteiger partial charge in [-0.25, -0.2) is 0 Å². The smallest absolute Gasteiger partial charge is 0.272 e. The second-order valence-electron chi connectivity index (χ2n) is 2.96. The molecule has 1 aromatic heterocycles. The fourth-order valence-electron chi connectivity index (χ4n) is 1.02. The minimum absolute atomic E-state index is 0. The predicted octanol–water partition coefficient (Wildman–Crippen LogP) is 0.688. The van der Waals surface area contributed by atoms with Crippen LogP contribution in [0.25, 0.3) is 0 Å². The van der Waals surface area contributed by atoms with Crippen molar-refractivity contribution < 1.29 is 4.79 Å². The van der Waals surface area contributed by atoms with Gasteiger partial charge in [0.25, 0.3) is 5.91 Å². The number of hydrogen-bond donors (Lipinski definition) is 2. The van der Waals surface area contributed by atoms with Gasteiger partial charge in [-0.1, -0.05) is 11.4 Å².